The van der Waals surface area contributed by atoms with E-state index in [9.17, 15) is 9.59 Å². The zero-order valence-corrected chi connectivity index (χ0v) is 17.3. The Bertz CT molecular complexity index is 956. The van der Waals surface area contributed by atoms with Crippen LogP contribution >= 0.6 is 22.7 Å². The summed E-state index contributed by atoms with van der Waals surface area (Å²) in [7, 11) is 3.43. The fraction of sp³-hybridized carbons (Fsp3) is 0.333. The molecule has 9 heteroatoms. The van der Waals surface area contributed by atoms with Crippen LogP contribution in [0.25, 0.3) is 10.2 Å². The number of aromatic nitrogens is 2. The van der Waals surface area contributed by atoms with Crippen LogP contribution in [0.3, 0.4) is 0 Å². The number of thiazole rings is 2. The summed E-state index contributed by atoms with van der Waals surface area (Å²) in [6.45, 7) is 4.27. The van der Waals surface area contributed by atoms with Gasteiger partial charge in [0.2, 0.25) is 11.8 Å². The van der Waals surface area contributed by atoms with Crippen LogP contribution in [-0.4, -0.2) is 42.4 Å². The van der Waals surface area contributed by atoms with Crippen molar-refractivity contribution in [2.75, 3.05) is 30.9 Å². The molecule has 0 fully saturated rings. The third-order valence-corrected chi connectivity index (χ3v) is 6.17. The summed E-state index contributed by atoms with van der Waals surface area (Å²) in [4.78, 5) is 34.5. The third kappa shape index (κ3) is 4.42. The topological polar surface area (TPSA) is 87.2 Å². The Kier molecular flexibility index (Phi) is 5.71. The first-order valence-corrected chi connectivity index (χ1v) is 10.1. The Balaban J connectivity index is 1.65. The van der Waals surface area contributed by atoms with Gasteiger partial charge in [0.25, 0.3) is 0 Å². The van der Waals surface area contributed by atoms with E-state index in [-0.39, 0.29) is 24.8 Å². The number of nitrogens with one attached hydrogen (secondary N) is 2. The van der Waals surface area contributed by atoms with Crippen molar-refractivity contribution in [1.29, 1.82) is 0 Å². The van der Waals surface area contributed by atoms with Gasteiger partial charge in [0, 0.05) is 19.5 Å². The molecule has 2 aromatic heterocycles. The molecule has 3 aromatic rings. The highest BCUT2D eigenvalue weighted by Crippen LogP contribution is 2.32. The number of likely N-dealkylation sites (N-methyl/N-ethyl adjacent to an activating group) is 2. The standard InChI is InChI=1S/C18H21N5O2S2/c1-10-5-6-11(2)16-15(10)22-18(27-16)23(4)8-14(25)21-17-20-12(9-26-17)7-13(24)19-3/h5-6,9H,7-8H2,1-4H3,(H,19,24)(H,20,21,25). The number of rotatable bonds is 6. The van der Waals surface area contributed by atoms with Crippen LogP contribution in [0.2, 0.25) is 0 Å². The van der Waals surface area contributed by atoms with Gasteiger partial charge >= 0.3 is 0 Å². The zero-order valence-electron chi connectivity index (χ0n) is 15.6. The number of carbonyl (C=O) groups is 2. The van der Waals surface area contributed by atoms with E-state index < -0.39 is 0 Å². The molecule has 0 radical (unpaired) electrons. The minimum absolute atomic E-state index is 0.112. The van der Waals surface area contributed by atoms with E-state index in [1.54, 1.807) is 23.8 Å². The van der Waals surface area contributed by atoms with Crippen LogP contribution in [0.4, 0.5) is 10.3 Å². The van der Waals surface area contributed by atoms with Crippen molar-refractivity contribution in [3.8, 4) is 0 Å². The maximum absolute atomic E-state index is 12.3. The first-order valence-electron chi connectivity index (χ1n) is 8.40. The third-order valence-electron chi connectivity index (χ3n) is 4.06. The van der Waals surface area contributed by atoms with Crippen LogP contribution < -0.4 is 15.5 Å². The van der Waals surface area contributed by atoms with Gasteiger partial charge in [0.05, 0.1) is 28.9 Å². The Morgan fingerprint density at radius 2 is 1.89 bits per heavy atom. The second-order valence-electron chi connectivity index (χ2n) is 6.27. The Morgan fingerprint density at radius 1 is 1.15 bits per heavy atom. The summed E-state index contributed by atoms with van der Waals surface area (Å²) in [6, 6.07) is 4.15. The van der Waals surface area contributed by atoms with Crippen molar-refractivity contribution in [2.45, 2.75) is 20.3 Å². The van der Waals surface area contributed by atoms with Crippen LogP contribution in [0.5, 0.6) is 0 Å². The second-order valence-corrected chi connectivity index (χ2v) is 8.11. The van der Waals surface area contributed by atoms with E-state index in [0.717, 1.165) is 20.9 Å². The van der Waals surface area contributed by atoms with Crippen LogP contribution in [0.15, 0.2) is 17.5 Å². The number of nitrogens with zero attached hydrogens (tertiary/aromatic N) is 3. The summed E-state index contributed by atoms with van der Waals surface area (Å²) in [5.41, 5.74) is 3.94. The van der Waals surface area contributed by atoms with Gasteiger partial charge < -0.3 is 15.5 Å². The SMILES string of the molecule is CNC(=O)Cc1csc(NC(=O)CN(C)c2nc3c(C)ccc(C)c3s2)n1. The average Bonchev–Trinajstić information content (AvgIpc) is 3.26. The molecule has 3 rings (SSSR count). The molecule has 0 atom stereocenters. The summed E-state index contributed by atoms with van der Waals surface area (Å²) in [6.07, 6.45) is 0.202. The molecule has 27 heavy (non-hydrogen) atoms. The van der Waals surface area contributed by atoms with E-state index in [0.29, 0.717) is 10.8 Å². The zero-order chi connectivity index (χ0) is 19.6. The highest BCUT2D eigenvalue weighted by molar-refractivity contribution is 7.22. The van der Waals surface area contributed by atoms with Crippen molar-refractivity contribution >= 4 is 55.0 Å². The normalized spacial score (nSPS) is 10.8. The first kappa shape index (κ1) is 19.2. The van der Waals surface area contributed by atoms with Gasteiger partial charge in [-0.15, -0.1) is 11.3 Å². The van der Waals surface area contributed by atoms with Gasteiger partial charge in [-0.25, -0.2) is 9.97 Å². The molecule has 0 spiro atoms. The molecule has 0 aliphatic carbocycles. The summed E-state index contributed by atoms with van der Waals surface area (Å²) < 4.78 is 1.15. The number of carbonyl (C=O) groups excluding carboxylic acids is 2. The van der Waals surface area contributed by atoms with Crippen molar-refractivity contribution in [3.05, 3.63) is 34.3 Å². The quantitative estimate of drug-likeness (QED) is 0.661. The molecule has 2 amide bonds. The molecule has 0 aliphatic rings. The van der Waals surface area contributed by atoms with Crippen molar-refractivity contribution < 1.29 is 9.59 Å². The molecule has 2 N–H and O–H groups in total. The van der Waals surface area contributed by atoms with Crippen LogP contribution in [0, 0.1) is 13.8 Å². The lowest BCUT2D eigenvalue weighted by Crippen LogP contribution is -2.30. The number of benzene rings is 1. The predicted molar refractivity (Wildman–Crippen MR) is 111 cm³/mol. The van der Waals surface area contributed by atoms with Gasteiger partial charge in [0.1, 0.15) is 0 Å². The van der Waals surface area contributed by atoms with Crippen molar-refractivity contribution in [3.63, 3.8) is 0 Å². The first-order chi connectivity index (χ1) is 12.9. The Labute approximate surface area is 165 Å². The minimum Gasteiger partial charge on any atom is -0.359 e. The Hall–Kier alpha value is -2.52. The van der Waals surface area contributed by atoms with Gasteiger partial charge in [-0.2, -0.15) is 0 Å². The van der Waals surface area contributed by atoms with E-state index in [1.807, 2.05) is 18.9 Å². The van der Waals surface area contributed by atoms with E-state index >= 15 is 0 Å². The van der Waals surface area contributed by atoms with Crippen LogP contribution in [-0.2, 0) is 16.0 Å². The van der Waals surface area contributed by atoms with Gasteiger partial charge in [-0.1, -0.05) is 23.5 Å². The minimum atomic E-state index is -0.175. The summed E-state index contributed by atoms with van der Waals surface area (Å²) >= 11 is 2.89. The fourth-order valence-corrected chi connectivity index (χ4v) is 4.35. The lowest BCUT2D eigenvalue weighted by Gasteiger charge is -2.14. The lowest BCUT2D eigenvalue weighted by atomic mass is 10.1. The van der Waals surface area contributed by atoms with Crippen molar-refractivity contribution in [2.24, 2.45) is 0 Å². The van der Waals surface area contributed by atoms with E-state index in [1.165, 1.54) is 16.9 Å². The monoisotopic (exact) mass is 403 g/mol. The molecule has 0 saturated heterocycles. The molecule has 142 valence electrons. The number of hydrogen-bond donors (Lipinski definition) is 2. The van der Waals surface area contributed by atoms with Gasteiger partial charge in [-0.05, 0) is 25.0 Å². The number of aryl methyl sites for hydroxylation is 2. The summed E-state index contributed by atoms with van der Waals surface area (Å²) in [5.74, 6) is -0.287. The smallest absolute Gasteiger partial charge is 0.245 e. The molecule has 0 unspecified atom stereocenters. The van der Waals surface area contributed by atoms with E-state index in [4.69, 9.17) is 0 Å². The summed E-state index contributed by atoms with van der Waals surface area (Å²) in [5, 5.41) is 8.40. The molecule has 7 nitrogen and oxygen atoms in total. The molecule has 0 bridgehead atoms. The maximum atomic E-state index is 12.3. The second kappa shape index (κ2) is 8.01. The molecule has 0 aliphatic heterocycles. The maximum Gasteiger partial charge on any atom is 0.245 e. The number of anilines is 2. The number of hydrogen-bond acceptors (Lipinski definition) is 7. The largest absolute Gasteiger partial charge is 0.359 e. The number of amides is 2. The predicted octanol–water partition coefficient (Wildman–Crippen LogP) is 2.73. The number of fused-ring (bicyclic) bond motifs is 1. The molecule has 1 aromatic carbocycles. The van der Waals surface area contributed by atoms with Crippen LogP contribution in [0.1, 0.15) is 16.8 Å². The highest BCUT2D eigenvalue weighted by atomic mass is 32.1. The fourth-order valence-electron chi connectivity index (χ4n) is 2.55. The molecule has 2 heterocycles. The molecular weight excluding hydrogens is 382 g/mol. The highest BCUT2D eigenvalue weighted by Gasteiger charge is 2.15. The molecule has 0 saturated carbocycles. The molecular formula is C18H21N5O2S2. The van der Waals surface area contributed by atoms with E-state index in [2.05, 4.69) is 39.7 Å². The Morgan fingerprint density at radius 3 is 2.59 bits per heavy atom. The lowest BCUT2D eigenvalue weighted by molar-refractivity contribution is -0.120. The van der Waals surface area contributed by atoms with Gasteiger partial charge in [-0.3, -0.25) is 9.59 Å². The average molecular weight is 404 g/mol. The van der Waals surface area contributed by atoms with Gasteiger partial charge in [0.15, 0.2) is 10.3 Å². The van der Waals surface area contributed by atoms with Crippen molar-refractivity contribution in [1.82, 2.24) is 15.3 Å².